The van der Waals surface area contributed by atoms with E-state index in [4.69, 9.17) is 9.73 Å². The Morgan fingerprint density at radius 1 is 0.962 bits per heavy atom. The average molecular weight is 361 g/mol. The topological polar surface area (TPSA) is 21.6 Å². The fourth-order valence-corrected chi connectivity index (χ4v) is 4.93. The number of nitrogens with zero attached hydrogens (tertiary/aromatic N) is 1. The maximum atomic E-state index is 14.0. The Bertz CT molecular complexity index is 1000. The van der Waals surface area contributed by atoms with E-state index >= 15 is 0 Å². The van der Waals surface area contributed by atoms with Crippen molar-refractivity contribution in [2.24, 2.45) is 10.9 Å². The minimum absolute atomic E-state index is 0.0594. The Morgan fingerprint density at radius 2 is 1.77 bits per heavy atom. The van der Waals surface area contributed by atoms with Gasteiger partial charge in [0.25, 0.3) is 0 Å². The van der Waals surface area contributed by atoms with Crippen molar-refractivity contribution in [3.8, 4) is 5.75 Å². The van der Waals surface area contributed by atoms with Gasteiger partial charge in [0, 0.05) is 15.7 Å². The molecule has 2 heterocycles. The fraction of sp³-hybridized carbons (Fsp3) is 0.136. The van der Waals surface area contributed by atoms with Crippen LogP contribution in [0.5, 0.6) is 5.75 Å². The van der Waals surface area contributed by atoms with Crippen molar-refractivity contribution in [2.45, 2.75) is 10.1 Å². The first-order chi connectivity index (χ1) is 12.8. The van der Waals surface area contributed by atoms with E-state index in [0.29, 0.717) is 12.4 Å². The van der Waals surface area contributed by atoms with Crippen LogP contribution in [0, 0.1) is 11.7 Å². The number of ether oxygens (including phenoxy) is 1. The normalized spacial score (nSPS) is 20.7. The van der Waals surface area contributed by atoms with Gasteiger partial charge in [-0.25, -0.2) is 4.39 Å². The summed E-state index contributed by atoms with van der Waals surface area (Å²) in [5, 5.41) is 0.162. The number of aliphatic imine (C=N–C) groups is 1. The van der Waals surface area contributed by atoms with Crippen molar-refractivity contribution < 1.29 is 9.13 Å². The Hall–Kier alpha value is -2.59. The van der Waals surface area contributed by atoms with Gasteiger partial charge in [-0.05, 0) is 35.9 Å². The number of rotatable bonds is 1. The molecule has 0 aliphatic carbocycles. The second-order valence-electron chi connectivity index (χ2n) is 6.47. The van der Waals surface area contributed by atoms with Crippen LogP contribution in [0.3, 0.4) is 0 Å². The maximum absolute atomic E-state index is 14.0. The van der Waals surface area contributed by atoms with E-state index in [1.807, 2.05) is 36.0 Å². The van der Waals surface area contributed by atoms with Crippen molar-refractivity contribution in [2.75, 3.05) is 6.61 Å². The van der Waals surface area contributed by atoms with E-state index in [0.717, 1.165) is 21.9 Å². The lowest BCUT2D eigenvalue weighted by Gasteiger charge is -2.31. The van der Waals surface area contributed by atoms with E-state index in [9.17, 15) is 4.39 Å². The van der Waals surface area contributed by atoms with Crippen LogP contribution < -0.4 is 4.74 Å². The summed E-state index contributed by atoms with van der Waals surface area (Å²) in [6.45, 7) is 0.540. The molecule has 0 radical (unpaired) electrons. The van der Waals surface area contributed by atoms with E-state index in [1.165, 1.54) is 11.6 Å². The zero-order chi connectivity index (χ0) is 17.5. The number of hydrogen-bond donors (Lipinski definition) is 0. The molecule has 0 aromatic heterocycles. The summed E-state index contributed by atoms with van der Waals surface area (Å²) in [6.07, 6.45) is 0. The van der Waals surface area contributed by atoms with Gasteiger partial charge in [0.05, 0.1) is 23.9 Å². The monoisotopic (exact) mass is 361 g/mol. The number of thioether (sulfide) groups is 1. The van der Waals surface area contributed by atoms with Crippen molar-refractivity contribution in [3.63, 3.8) is 0 Å². The molecule has 0 unspecified atom stereocenters. The van der Waals surface area contributed by atoms with Gasteiger partial charge in [-0.15, -0.1) is 11.8 Å². The van der Waals surface area contributed by atoms with Crippen LogP contribution in [0.25, 0.3) is 0 Å². The molecule has 0 fully saturated rings. The Balaban J connectivity index is 1.72. The van der Waals surface area contributed by atoms with E-state index in [2.05, 4.69) is 30.3 Å². The van der Waals surface area contributed by atoms with Crippen LogP contribution in [0.4, 0.5) is 10.1 Å². The van der Waals surface area contributed by atoms with Crippen LogP contribution >= 0.6 is 11.8 Å². The molecule has 0 amide bonds. The molecule has 0 N–H and O–H groups in total. The Kier molecular flexibility index (Phi) is 3.79. The second-order valence-corrected chi connectivity index (χ2v) is 7.66. The minimum Gasteiger partial charge on any atom is -0.492 e. The summed E-state index contributed by atoms with van der Waals surface area (Å²) in [6, 6.07) is 23.3. The SMILES string of the molecule is Fc1ccc2c(c1)C1=Nc3ccccc3S[C@@H](c3ccccc3)[C@H]1CO2. The molecule has 4 heteroatoms. The third kappa shape index (κ3) is 2.61. The highest BCUT2D eigenvalue weighted by Crippen LogP contribution is 2.50. The van der Waals surface area contributed by atoms with Gasteiger partial charge >= 0.3 is 0 Å². The lowest BCUT2D eigenvalue weighted by Crippen LogP contribution is -2.32. The molecule has 5 rings (SSSR count). The molecule has 0 saturated carbocycles. The van der Waals surface area contributed by atoms with Crippen LogP contribution in [-0.2, 0) is 0 Å². The predicted octanol–water partition coefficient (Wildman–Crippen LogP) is 5.80. The lowest BCUT2D eigenvalue weighted by molar-refractivity contribution is 0.271. The molecule has 0 spiro atoms. The summed E-state index contributed by atoms with van der Waals surface area (Å²) < 4.78 is 19.9. The number of halogens is 1. The molecular weight excluding hydrogens is 345 g/mol. The van der Waals surface area contributed by atoms with Gasteiger partial charge in [-0.2, -0.15) is 0 Å². The molecule has 2 nitrogen and oxygen atoms in total. The molecule has 2 aliphatic rings. The summed E-state index contributed by atoms with van der Waals surface area (Å²) in [7, 11) is 0. The van der Waals surface area contributed by atoms with Gasteiger partial charge < -0.3 is 4.74 Å². The summed E-state index contributed by atoms with van der Waals surface area (Å²) in [5.74, 6) is 0.499. The Morgan fingerprint density at radius 3 is 2.65 bits per heavy atom. The van der Waals surface area contributed by atoms with Gasteiger partial charge in [0.15, 0.2) is 0 Å². The van der Waals surface area contributed by atoms with Gasteiger partial charge in [0.2, 0.25) is 0 Å². The highest BCUT2D eigenvalue weighted by atomic mass is 32.2. The van der Waals surface area contributed by atoms with Crippen molar-refractivity contribution >= 4 is 23.2 Å². The van der Waals surface area contributed by atoms with Crippen molar-refractivity contribution in [3.05, 3.63) is 89.7 Å². The van der Waals surface area contributed by atoms with E-state index < -0.39 is 0 Å². The van der Waals surface area contributed by atoms with E-state index in [-0.39, 0.29) is 17.0 Å². The number of benzene rings is 3. The van der Waals surface area contributed by atoms with Gasteiger partial charge in [0.1, 0.15) is 11.6 Å². The van der Waals surface area contributed by atoms with Gasteiger partial charge in [-0.3, -0.25) is 4.99 Å². The minimum atomic E-state index is -0.267. The van der Waals surface area contributed by atoms with Crippen molar-refractivity contribution in [1.82, 2.24) is 0 Å². The van der Waals surface area contributed by atoms with Crippen LogP contribution in [0.1, 0.15) is 16.4 Å². The first-order valence-corrected chi connectivity index (χ1v) is 9.49. The molecule has 2 aliphatic heterocycles. The van der Waals surface area contributed by atoms with Crippen LogP contribution in [0.2, 0.25) is 0 Å². The molecule has 3 aromatic carbocycles. The standard InChI is InChI=1S/C22H16FNOS/c23-15-10-11-19-16(12-15)21-17(13-25-19)22(14-6-2-1-3-7-14)26-20-9-5-4-8-18(20)24-21/h1-12,17,22H,13H2/t17-,22-/m0/s1. The van der Waals surface area contributed by atoms with Crippen LogP contribution in [-0.4, -0.2) is 12.3 Å². The summed E-state index contributed by atoms with van der Waals surface area (Å²) >= 11 is 1.81. The summed E-state index contributed by atoms with van der Waals surface area (Å²) in [4.78, 5) is 6.11. The number of para-hydroxylation sites is 1. The largest absolute Gasteiger partial charge is 0.492 e. The third-order valence-electron chi connectivity index (χ3n) is 4.84. The highest BCUT2D eigenvalue weighted by molar-refractivity contribution is 7.99. The zero-order valence-electron chi connectivity index (χ0n) is 13.9. The number of fused-ring (bicyclic) bond motifs is 4. The molecule has 0 saturated heterocycles. The molecule has 3 aromatic rings. The van der Waals surface area contributed by atoms with E-state index in [1.54, 1.807) is 12.1 Å². The van der Waals surface area contributed by atoms with Gasteiger partial charge in [-0.1, -0.05) is 42.5 Å². The first kappa shape index (κ1) is 15.6. The third-order valence-corrected chi connectivity index (χ3v) is 6.29. The number of hydrogen-bond acceptors (Lipinski definition) is 3. The molecule has 128 valence electrons. The first-order valence-electron chi connectivity index (χ1n) is 8.61. The smallest absolute Gasteiger partial charge is 0.128 e. The molecular formula is C22H16FNOS. The molecule has 0 bridgehead atoms. The average Bonchev–Trinajstić information content (AvgIpc) is 2.85. The van der Waals surface area contributed by atoms with Crippen LogP contribution in [0.15, 0.2) is 82.7 Å². The molecule has 2 atom stereocenters. The maximum Gasteiger partial charge on any atom is 0.128 e. The van der Waals surface area contributed by atoms with Crippen molar-refractivity contribution in [1.29, 1.82) is 0 Å². The fourth-order valence-electron chi connectivity index (χ4n) is 3.60. The predicted molar refractivity (Wildman–Crippen MR) is 103 cm³/mol. The summed E-state index contributed by atoms with van der Waals surface area (Å²) in [5.41, 5.74) is 3.85. The quantitative estimate of drug-likeness (QED) is 0.546. The highest BCUT2D eigenvalue weighted by Gasteiger charge is 2.37. The molecule has 26 heavy (non-hydrogen) atoms. The Labute approximate surface area is 155 Å². The lowest BCUT2D eigenvalue weighted by atomic mass is 9.88. The second kappa shape index (κ2) is 6.29. The zero-order valence-corrected chi connectivity index (χ0v) is 14.7.